The van der Waals surface area contributed by atoms with E-state index in [1.54, 1.807) is 4.90 Å². The van der Waals surface area contributed by atoms with Gasteiger partial charge in [0.2, 0.25) is 11.8 Å². The van der Waals surface area contributed by atoms with Crippen molar-refractivity contribution in [3.05, 3.63) is 64.5 Å². The van der Waals surface area contributed by atoms with Crippen molar-refractivity contribution in [1.29, 1.82) is 0 Å². The van der Waals surface area contributed by atoms with Gasteiger partial charge in [-0.3, -0.25) is 24.6 Å². The minimum absolute atomic E-state index is 0.0366. The molecular formula is C29H34FN3O5. The van der Waals surface area contributed by atoms with Crippen molar-refractivity contribution < 1.29 is 36.5 Å². The molecule has 3 amide bonds. The minimum Gasteiger partial charge on any atom is -0.488 e. The first-order chi connectivity index (χ1) is 20.2. The van der Waals surface area contributed by atoms with Gasteiger partial charge in [0.15, 0.2) is 0 Å². The fourth-order valence-corrected chi connectivity index (χ4v) is 5.19. The highest BCUT2D eigenvalue weighted by atomic mass is 19.1. The summed E-state index contributed by atoms with van der Waals surface area (Å²) >= 11 is 0. The number of piperidine rings is 1. The summed E-state index contributed by atoms with van der Waals surface area (Å²) in [5.41, 5.74) is -2.43. The van der Waals surface area contributed by atoms with Crippen LogP contribution in [0.3, 0.4) is 0 Å². The standard InChI is InChI=1S/C29H34FN3O5/c1-28(2)16-32(17-29(3,4)38-28)13-18-8-9-19(22(30)12-18)15-37-24-7-5-6-20-21(24)14-33(27(20)36)23-10-11-25(34)31-26(23)35/h5-9,12,23H,10-11,13-17H2,1-4H3,(H,31,34,35)/i13D2,14D2,15D2. The molecule has 3 aliphatic rings. The highest BCUT2D eigenvalue weighted by Crippen LogP contribution is 2.34. The third-order valence-corrected chi connectivity index (χ3v) is 6.45. The fraction of sp³-hybridized carbons (Fsp3) is 0.483. The molecule has 1 atom stereocenters. The van der Waals surface area contributed by atoms with Crippen LogP contribution in [0.4, 0.5) is 4.39 Å². The lowest BCUT2D eigenvalue weighted by Gasteiger charge is -2.47. The number of ether oxygens (including phenoxy) is 2. The zero-order valence-corrected chi connectivity index (χ0v) is 21.7. The van der Waals surface area contributed by atoms with E-state index in [2.05, 4.69) is 5.32 Å². The zero-order valence-electron chi connectivity index (χ0n) is 27.7. The molecule has 0 spiro atoms. The normalized spacial score (nSPS) is 27.2. The molecule has 5 rings (SSSR count). The van der Waals surface area contributed by atoms with Gasteiger partial charge in [0.1, 0.15) is 24.2 Å². The second kappa shape index (κ2) is 9.78. The predicted octanol–water partition coefficient (Wildman–Crippen LogP) is 3.56. The van der Waals surface area contributed by atoms with Gasteiger partial charge in [-0.1, -0.05) is 18.2 Å². The van der Waals surface area contributed by atoms with Gasteiger partial charge in [-0.15, -0.1) is 0 Å². The lowest BCUT2D eigenvalue weighted by molar-refractivity contribution is -0.182. The molecule has 1 N–H and O–H groups in total. The van der Waals surface area contributed by atoms with E-state index in [1.165, 1.54) is 24.3 Å². The summed E-state index contributed by atoms with van der Waals surface area (Å²) in [6.45, 7) is 0.189. The van der Waals surface area contributed by atoms with Crippen molar-refractivity contribution in [2.24, 2.45) is 0 Å². The smallest absolute Gasteiger partial charge is 0.255 e. The van der Waals surface area contributed by atoms with Gasteiger partial charge in [0.05, 0.1) is 23.2 Å². The largest absolute Gasteiger partial charge is 0.488 e. The van der Waals surface area contributed by atoms with Crippen LogP contribution in [0.25, 0.3) is 0 Å². The monoisotopic (exact) mass is 529 g/mol. The number of nitrogens with zero attached hydrogens (tertiary/aromatic N) is 2. The van der Waals surface area contributed by atoms with Gasteiger partial charge in [0, 0.05) is 45.4 Å². The van der Waals surface area contributed by atoms with Gasteiger partial charge >= 0.3 is 0 Å². The van der Waals surface area contributed by atoms with E-state index < -0.39 is 65.9 Å². The Morgan fingerprint density at radius 3 is 2.58 bits per heavy atom. The molecule has 0 bridgehead atoms. The number of hydrogen-bond acceptors (Lipinski definition) is 6. The number of morpholine rings is 1. The first kappa shape index (κ1) is 19.7. The molecule has 2 saturated heterocycles. The quantitative estimate of drug-likeness (QED) is 0.576. The number of carbonyl (C=O) groups excluding carboxylic acids is 3. The van der Waals surface area contributed by atoms with Crippen molar-refractivity contribution in [3.63, 3.8) is 0 Å². The van der Waals surface area contributed by atoms with Crippen molar-refractivity contribution >= 4 is 17.7 Å². The minimum atomic E-state index is -2.88. The first-order valence-electron chi connectivity index (χ1n) is 15.4. The number of halogens is 1. The number of benzene rings is 2. The van der Waals surface area contributed by atoms with Crippen LogP contribution in [-0.2, 0) is 33.9 Å². The summed E-state index contributed by atoms with van der Waals surface area (Å²) in [4.78, 5) is 39.7. The molecule has 8 nitrogen and oxygen atoms in total. The van der Waals surface area contributed by atoms with Crippen LogP contribution in [0.5, 0.6) is 5.75 Å². The first-order valence-corrected chi connectivity index (χ1v) is 12.4. The number of rotatable bonds is 6. The Kier molecular flexibility index (Phi) is 5.08. The second-order valence-corrected chi connectivity index (χ2v) is 10.9. The zero-order chi connectivity index (χ0) is 32.6. The van der Waals surface area contributed by atoms with Crippen LogP contribution < -0.4 is 10.1 Å². The Hall–Kier alpha value is -3.30. The van der Waals surface area contributed by atoms with E-state index in [0.717, 1.165) is 12.1 Å². The van der Waals surface area contributed by atoms with Crippen molar-refractivity contribution in [2.75, 3.05) is 13.1 Å². The Morgan fingerprint density at radius 2 is 1.89 bits per heavy atom. The lowest BCUT2D eigenvalue weighted by Crippen LogP contribution is -2.56. The van der Waals surface area contributed by atoms with Crippen LogP contribution in [0.1, 0.15) is 75.8 Å². The molecule has 2 aromatic carbocycles. The van der Waals surface area contributed by atoms with Gasteiger partial charge < -0.3 is 14.4 Å². The molecule has 0 saturated carbocycles. The average Bonchev–Trinajstić information content (AvgIpc) is 3.07. The summed E-state index contributed by atoms with van der Waals surface area (Å²) in [7, 11) is 0. The molecular weight excluding hydrogens is 489 g/mol. The molecule has 3 aliphatic heterocycles. The summed E-state index contributed by atoms with van der Waals surface area (Å²) in [5.74, 6) is -3.66. The average molecular weight is 530 g/mol. The molecule has 38 heavy (non-hydrogen) atoms. The third kappa shape index (κ3) is 5.44. The number of fused-ring (bicyclic) bond motifs is 1. The van der Waals surface area contributed by atoms with Crippen molar-refractivity contribution in [2.45, 2.75) is 77.3 Å². The van der Waals surface area contributed by atoms with Gasteiger partial charge in [-0.25, -0.2) is 4.39 Å². The van der Waals surface area contributed by atoms with E-state index in [0.29, 0.717) is 4.90 Å². The van der Waals surface area contributed by atoms with E-state index in [-0.39, 0.29) is 48.4 Å². The Labute approximate surface area is 230 Å². The summed E-state index contributed by atoms with van der Waals surface area (Å²) in [6, 6.07) is 5.89. The molecule has 9 heteroatoms. The van der Waals surface area contributed by atoms with Crippen molar-refractivity contribution in [1.82, 2.24) is 15.1 Å². The summed E-state index contributed by atoms with van der Waals surface area (Å²) in [5, 5.41) is 2.11. The van der Waals surface area contributed by atoms with Crippen LogP contribution in [0, 0.1) is 5.82 Å². The second-order valence-electron chi connectivity index (χ2n) is 10.9. The fourth-order valence-electron chi connectivity index (χ4n) is 5.19. The molecule has 0 radical (unpaired) electrons. The van der Waals surface area contributed by atoms with Gasteiger partial charge in [0.25, 0.3) is 5.91 Å². The lowest BCUT2D eigenvalue weighted by atomic mass is 9.98. The molecule has 2 aromatic rings. The topological polar surface area (TPSA) is 88.2 Å². The number of nitrogens with one attached hydrogen (secondary N) is 1. The number of imide groups is 1. The van der Waals surface area contributed by atoms with Gasteiger partial charge in [-0.2, -0.15) is 0 Å². The molecule has 1 unspecified atom stereocenters. The van der Waals surface area contributed by atoms with Gasteiger partial charge in [-0.05, 0) is 57.9 Å². The maximum atomic E-state index is 15.6. The van der Waals surface area contributed by atoms with E-state index >= 15 is 4.39 Å². The highest BCUT2D eigenvalue weighted by molar-refractivity contribution is 6.05. The van der Waals surface area contributed by atoms with Crippen LogP contribution >= 0.6 is 0 Å². The molecule has 0 aromatic heterocycles. The van der Waals surface area contributed by atoms with Crippen LogP contribution in [-0.4, -0.2) is 57.9 Å². The summed E-state index contributed by atoms with van der Waals surface area (Å²) in [6.07, 6.45) is -0.182. The Balaban J connectivity index is 1.44. The maximum absolute atomic E-state index is 15.6. The predicted molar refractivity (Wildman–Crippen MR) is 138 cm³/mol. The van der Waals surface area contributed by atoms with Crippen molar-refractivity contribution in [3.8, 4) is 5.75 Å². The number of hydrogen-bond donors (Lipinski definition) is 1. The van der Waals surface area contributed by atoms with Crippen LogP contribution in [0.2, 0.25) is 0 Å². The van der Waals surface area contributed by atoms with Crippen LogP contribution in [0.15, 0.2) is 36.4 Å². The Morgan fingerprint density at radius 1 is 1.16 bits per heavy atom. The number of carbonyl (C=O) groups is 3. The molecule has 202 valence electrons. The molecule has 0 aliphatic carbocycles. The number of amides is 3. The molecule has 3 heterocycles. The van der Waals surface area contributed by atoms with E-state index in [9.17, 15) is 14.4 Å². The summed E-state index contributed by atoms with van der Waals surface area (Å²) < 4.78 is 79.5. The highest BCUT2D eigenvalue weighted by Gasteiger charge is 2.40. The third-order valence-electron chi connectivity index (χ3n) is 6.45. The SMILES string of the molecule is [2H]C([2H])(Oc1cccc2c1C([2H])([2H])N(C1CCC(=O)NC1=O)C2=O)c1ccc(C([2H])([2H])N2CC(C)(C)OC(C)(C)C2)cc1F. The van der Waals surface area contributed by atoms with E-state index in [1.807, 2.05) is 27.7 Å². The molecule has 2 fully saturated rings. The maximum Gasteiger partial charge on any atom is 0.255 e. The van der Waals surface area contributed by atoms with E-state index in [4.69, 9.17) is 17.7 Å². The Bertz CT molecular complexity index is 1530.